The van der Waals surface area contributed by atoms with E-state index in [1.54, 1.807) is 13.0 Å². The lowest BCUT2D eigenvalue weighted by atomic mass is 9.93. The average Bonchev–Trinajstić information content (AvgIpc) is 2.36. The summed E-state index contributed by atoms with van der Waals surface area (Å²) in [5.41, 5.74) is 7.76. The maximum Gasteiger partial charge on any atom is 0.337 e. The number of carboxylic acid groups (broad SMARTS) is 1. The molecule has 19 heavy (non-hydrogen) atoms. The molecule has 0 aromatic heterocycles. The van der Waals surface area contributed by atoms with Gasteiger partial charge in [0.05, 0.1) is 11.7 Å². The number of aryl methyl sites for hydroxylation is 1. The molecule has 5 N–H and O–H groups in total. The lowest BCUT2D eigenvalue weighted by Crippen LogP contribution is -2.28. The zero-order valence-corrected chi connectivity index (χ0v) is 11.0. The van der Waals surface area contributed by atoms with E-state index in [1.807, 2.05) is 6.07 Å². The predicted molar refractivity (Wildman–Crippen MR) is 74.4 cm³/mol. The first-order valence-corrected chi connectivity index (χ1v) is 6.55. The third-order valence-corrected chi connectivity index (χ3v) is 3.68. The van der Waals surface area contributed by atoms with Gasteiger partial charge in [-0.25, -0.2) is 4.79 Å². The van der Waals surface area contributed by atoms with Gasteiger partial charge in [0.1, 0.15) is 0 Å². The molecule has 0 bridgehead atoms. The minimum Gasteiger partial charge on any atom is -0.478 e. The van der Waals surface area contributed by atoms with Crippen LogP contribution in [-0.4, -0.2) is 28.3 Å². The predicted octanol–water partition coefficient (Wildman–Crippen LogP) is 1.99. The second-order valence-electron chi connectivity index (χ2n) is 5.21. The lowest BCUT2D eigenvalue weighted by Gasteiger charge is -2.27. The van der Waals surface area contributed by atoms with Gasteiger partial charge in [-0.05, 0) is 50.3 Å². The van der Waals surface area contributed by atoms with Gasteiger partial charge >= 0.3 is 5.97 Å². The molecule has 0 heterocycles. The Labute approximate surface area is 112 Å². The van der Waals surface area contributed by atoms with Crippen LogP contribution < -0.4 is 11.1 Å². The number of nitrogens with one attached hydrogen (secondary N) is 1. The first-order valence-electron chi connectivity index (χ1n) is 6.55. The highest BCUT2D eigenvalue weighted by Gasteiger charge is 2.20. The molecule has 104 valence electrons. The molecule has 1 saturated carbocycles. The molecule has 0 unspecified atom stereocenters. The van der Waals surface area contributed by atoms with Crippen molar-refractivity contribution < 1.29 is 15.0 Å². The Bertz CT molecular complexity index is 480. The van der Waals surface area contributed by atoms with Crippen LogP contribution in [0.15, 0.2) is 12.1 Å². The number of nitrogens with two attached hydrogens (primary N) is 1. The van der Waals surface area contributed by atoms with Crippen LogP contribution in [-0.2, 0) is 0 Å². The molecule has 2 rings (SSSR count). The number of nitrogen functional groups attached to an aromatic ring is 1. The van der Waals surface area contributed by atoms with Crippen molar-refractivity contribution >= 4 is 17.3 Å². The highest BCUT2D eigenvalue weighted by atomic mass is 16.4. The minimum atomic E-state index is -1.01. The van der Waals surface area contributed by atoms with Gasteiger partial charge in [-0.15, -0.1) is 0 Å². The van der Waals surface area contributed by atoms with Crippen LogP contribution >= 0.6 is 0 Å². The maximum atomic E-state index is 11.1. The van der Waals surface area contributed by atoms with Crippen LogP contribution in [0.25, 0.3) is 0 Å². The molecular formula is C14H20N2O3. The number of hydrogen-bond acceptors (Lipinski definition) is 4. The highest BCUT2D eigenvalue weighted by molar-refractivity contribution is 5.95. The van der Waals surface area contributed by atoms with E-state index in [0.29, 0.717) is 5.69 Å². The molecule has 1 aliphatic rings. The van der Waals surface area contributed by atoms with Crippen molar-refractivity contribution in [2.75, 3.05) is 11.1 Å². The SMILES string of the molecule is Cc1cc(NC2CCC(O)CC2)cc(C(=O)O)c1N. The van der Waals surface area contributed by atoms with Crippen molar-refractivity contribution in [3.8, 4) is 0 Å². The largest absolute Gasteiger partial charge is 0.478 e. The molecule has 0 amide bonds. The summed E-state index contributed by atoms with van der Waals surface area (Å²) >= 11 is 0. The number of anilines is 2. The molecule has 5 heteroatoms. The second kappa shape index (κ2) is 5.48. The van der Waals surface area contributed by atoms with Crippen LogP contribution in [0.3, 0.4) is 0 Å². The van der Waals surface area contributed by atoms with E-state index < -0.39 is 5.97 Å². The number of aromatic carboxylic acids is 1. The first-order chi connectivity index (χ1) is 8.97. The van der Waals surface area contributed by atoms with E-state index in [9.17, 15) is 9.90 Å². The fourth-order valence-corrected chi connectivity index (χ4v) is 2.51. The number of benzene rings is 1. The van der Waals surface area contributed by atoms with Gasteiger partial charge in [-0.3, -0.25) is 0 Å². The number of aliphatic hydroxyl groups is 1. The Hall–Kier alpha value is -1.75. The molecule has 0 aliphatic heterocycles. The van der Waals surface area contributed by atoms with Gasteiger partial charge in [0.25, 0.3) is 0 Å². The normalized spacial score (nSPS) is 23.1. The van der Waals surface area contributed by atoms with Gasteiger partial charge < -0.3 is 21.3 Å². The summed E-state index contributed by atoms with van der Waals surface area (Å²) in [4.78, 5) is 11.1. The van der Waals surface area contributed by atoms with Gasteiger partial charge in [0, 0.05) is 17.4 Å². The summed E-state index contributed by atoms with van der Waals surface area (Å²) < 4.78 is 0. The molecule has 0 radical (unpaired) electrons. The molecule has 1 aromatic carbocycles. The molecular weight excluding hydrogens is 244 g/mol. The van der Waals surface area contributed by atoms with Crippen molar-refractivity contribution in [2.24, 2.45) is 0 Å². The molecule has 5 nitrogen and oxygen atoms in total. The van der Waals surface area contributed by atoms with Crippen molar-refractivity contribution in [3.63, 3.8) is 0 Å². The van der Waals surface area contributed by atoms with Crippen LogP contribution in [0.4, 0.5) is 11.4 Å². The Kier molecular flexibility index (Phi) is 3.95. The van der Waals surface area contributed by atoms with E-state index >= 15 is 0 Å². The summed E-state index contributed by atoms with van der Waals surface area (Å²) in [5, 5.41) is 21.9. The molecule has 0 saturated heterocycles. The fourth-order valence-electron chi connectivity index (χ4n) is 2.51. The Morgan fingerprint density at radius 2 is 1.95 bits per heavy atom. The molecule has 0 atom stereocenters. The highest BCUT2D eigenvalue weighted by Crippen LogP contribution is 2.26. The summed E-state index contributed by atoms with van der Waals surface area (Å²) in [5.74, 6) is -1.01. The Morgan fingerprint density at radius 3 is 2.53 bits per heavy atom. The second-order valence-corrected chi connectivity index (χ2v) is 5.21. The van der Waals surface area contributed by atoms with Gasteiger partial charge in [-0.2, -0.15) is 0 Å². The summed E-state index contributed by atoms with van der Waals surface area (Å²) in [6.45, 7) is 1.80. The molecule has 0 spiro atoms. The quantitative estimate of drug-likeness (QED) is 0.626. The van der Waals surface area contributed by atoms with E-state index in [0.717, 1.165) is 36.9 Å². The standard InChI is InChI=1S/C14H20N2O3/c1-8-6-10(7-12(13(8)15)14(18)19)16-9-2-4-11(17)5-3-9/h6-7,9,11,16-17H,2-5,15H2,1H3,(H,18,19). The zero-order valence-electron chi connectivity index (χ0n) is 11.0. The zero-order chi connectivity index (χ0) is 14.0. The van der Waals surface area contributed by atoms with Crippen molar-refractivity contribution in [1.29, 1.82) is 0 Å². The van der Waals surface area contributed by atoms with Crippen LogP contribution in [0.2, 0.25) is 0 Å². The third-order valence-electron chi connectivity index (χ3n) is 3.68. The van der Waals surface area contributed by atoms with Crippen molar-refractivity contribution in [2.45, 2.75) is 44.8 Å². The van der Waals surface area contributed by atoms with Crippen LogP contribution in [0.1, 0.15) is 41.6 Å². The van der Waals surface area contributed by atoms with Gasteiger partial charge in [0.15, 0.2) is 0 Å². The smallest absolute Gasteiger partial charge is 0.337 e. The number of aliphatic hydroxyl groups excluding tert-OH is 1. The molecule has 1 fully saturated rings. The van der Waals surface area contributed by atoms with E-state index in [-0.39, 0.29) is 17.7 Å². The third kappa shape index (κ3) is 3.17. The van der Waals surface area contributed by atoms with E-state index in [2.05, 4.69) is 5.32 Å². The molecule has 1 aliphatic carbocycles. The molecule has 1 aromatic rings. The monoisotopic (exact) mass is 264 g/mol. The van der Waals surface area contributed by atoms with Crippen molar-refractivity contribution in [1.82, 2.24) is 0 Å². The van der Waals surface area contributed by atoms with E-state index in [1.165, 1.54) is 0 Å². The Morgan fingerprint density at radius 1 is 1.32 bits per heavy atom. The number of rotatable bonds is 3. The number of carbonyl (C=O) groups is 1. The summed E-state index contributed by atoms with van der Waals surface area (Å²) in [6, 6.07) is 3.73. The van der Waals surface area contributed by atoms with Crippen LogP contribution in [0.5, 0.6) is 0 Å². The van der Waals surface area contributed by atoms with Crippen LogP contribution in [0, 0.1) is 6.92 Å². The maximum absolute atomic E-state index is 11.1. The van der Waals surface area contributed by atoms with Crippen molar-refractivity contribution in [3.05, 3.63) is 23.3 Å². The minimum absolute atomic E-state index is 0.137. The summed E-state index contributed by atoms with van der Waals surface area (Å²) in [7, 11) is 0. The average molecular weight is 264 g/mol. The Balaban J connectivity index is 2.14. The first kappa shape index (κ1) is 13.7. The topological polar surface area (TPSA) is 95.6 Å². The lowest BCUT2D eigenvalue weighted by molar-refractivity contribution is 0.0698. The van der Waals surface area contributed by atoms with E-state index in [4.69, 9.17) is 10.8 Å². The fraction of sp³-hybridized carbons (Fsp3) is 0.500. The van der Waals surface area contributed by atoms with Gasteiger partial charge in [-0.1, -0.05) is 0 Å². The number of hydrogen-bond donors (Lipinski definition) is 4. The number of carboxylic acids is 1. The van der Waals surface area contributed by atoms with Gasteiger partial charge in [0.2, 0.25) is 0 Å². The summed E-state index contributed by atoms with van der Waals surface area (Å²) in [6.07, 6.45) is 3.18.